The first-order valence-electron chi connectivity index (χ1n) is 5.82. The number of aryl methyl sites for hydroxylation is 3. The number of amides is 1. The van der Waals surface area contributed by atoms with Crippen LogP contribution in [0.3, 0.4) is 0 Å². The normalized spacial score (nSPS) is 10.8. The molecule has 0 radical (unpaired) electrons. The summed E-state index contributed by atoms with van der Waals surface area (Å²) in [4.78, 5) is 15.4. The second-order valence-electron chi connectivity index (χ2n) is 4.48. The van der Waals surface area contributed by atoms with E-state index < -0.39 is 0 Å². The van der Waals surface area contributed by atoms with Crippen LogP contribution in [0.4, 0.5) is 0 Å². The third-order valence-corrected chi connectivity index (χ3v) is 3.30. The first-order chi connectivity index (χ1) is 8.49. The second kappa shape index (κ2) is 4.94. The first-order valence-corrected chi connectivity index (χ1v) is 6.20. The number of nitrogens with two attached hydrogens (primary N) is 1. The molecule has 94 valence electrons. The van der Waals surface area contributed by atoms with Gasteiger partial charge in [0.15, 0.2) is 0 Å². The number of halogens is 1. The lowest BCUT2D eigenvalue weighted by Gasteiger charge is -2.09. The van der Waals surface area contributed by atoms with Gasteiger partial charge in [-0.2, -0.15) is 0 Å². The summed E-state index contributed by atoms with van der Waals surface area (Å²) in [6.07, 6.45) is 0.885. The molecule has 0 spiro atoms. The van der Waals surface area contributed by atoms with E-state index in [1.165, 1.54) is 0 Å². The maximum absolute atomic E-state index is 10.8. The number of carbonyl (C=O) groups excluding carboxylic acids is 1. The average Bonchev–Trinajstić information content (AvgIpc) is 2.31. The van der Waals surface area contributed by atoms with Crippen molar-refractivity contribution in [2.24, 2.45) is 5.73 Å². The molecule has 0 unspecified atom stereocenters. The van der Waals surface area contributed by atoms with Gasteiger partial charge in [0, 0.05) is 17.5 Å². The van der Waals surface area contributed by atoms with Gasteiger partial charge in [-0.25, -0.2) is 0 Å². The van der Waals surface area contributed by atoms with Gasteiger partial charge in [-0.3, -0.25) is 9.78 Å². The van der Waals surface area contributed by atoms with Gasteiger partial charge in [0.25, 0.3) is 0 Å². The number of fused-ring (bicyclic) bond motifs is 1. The Morgan fingerprint density at radius 1 is 1.33 bits per heavy atom. The quantitative estimate of drug-likeness (QED) is 0.925. The minimum atomic E-state index is -0.308. The topological polar surface area (TPSA) is 56.0 Å². The lowest BCUT2D eigenvalue weighted by Crippen LogP contribution is -2.11. The van der Waals surface area contributed by atoms with Crippen LogP contribution in [0, 0.1) is 13.8 Å². The van der Waals surface area contributed by atoms with Crippen molar-refractivity contribution in [1.82, 2.24) is 4.98 Å². The van der Waals surface area contributed by atoms with Crippen molar-refractivity contribution in [1.29, 1.82) is 0 Å². The minimum absolute atomic E-state index is 0.308. The minimum Gasteiger partial charge on any atom is -0.370 e. The Morgan fingerprint density at radius 2 is 2.06 bits per heavy atom. The highest BCUT2D eigenvalue weighted by atomic mass is 35.5. The number of primary amides is 1. The van der Waals surface area contributed by atoms with Gasteiger partial charge in [-0.1, -0.05) is 17.7 Å². The van der Waals surface area contributed by atoms with Crippen molar-refractivity contribution in [2.45, 2.75) is 26.7 Å². The summed E-state index contributed by atoms with van der Waals surface area (Å²) >= 11 is 6.20. The zero-order valence-electron chi connectivity index (χ0n) is 10.5. The molecular weight excluding hydrogens is 248 g/mol. The summed E-state index contributed by atoms with van der Waals surface area (Å²) in [5, 5.41) is 1.70. The zero-order valence-corrected chi connectivity index (χ0v) is 11.2. The number of hydrogen-bond donors (Lipinski definition) is 1. The third-order valence-electron chi connectivity index (χ3n) is 2.99. The predicted molar refractivity (Wildman–Crippen MR) is 73.7 cm³/mol. The summed E-state index contributed by atoms with van der Waals surface area (Å²) in [7, 11) is 0. The largest absolute Gasteiger partial charge is 0.370 e. The van der Waals surface area contributed by atoms with Crippen molar-refractivity contribution < 1.29 is 4.79 Å². The van der Waals surface area contributed by atoms with Crippen molar-refractivity contribution >= 4 is 28.4 Å². The molecule has 1 heterocycles. The van der Waals surface area contributed by atoms with E-state index in [4.69, 9.17) is 17.3 Å². The van der Waals surface area contributed by atoms with Crippen molar-refractivity contribution in [3.05, 3.63) is 40.0 Å². The van der Waals surface area contributed by atoms with Crippen LogP contribution in [0.1, 0.15) is 23.2 Å². The van der Waals surface area contributed by atoms with Crippen LogP contribution >= 0.6 is 11.6 Å². The highest BCUT2D eigenvalue weighted by molar-refractivity contribution is 6.35. The van der Waals surface area contributed by atoms with E-state index in [2.05, 4.69) is 4.98 Å². The molecule has 2 rings (SSSR count). The number of hydrogen-bond acceptors (Lipinski definition) is 2. The highest BCUT2D eigenvalue weighted by Crippen LogP contribution is 2.28. The smallest absolute Gasteiger partial charge is 0.217 e. The Morgan fingerprint density at radius 3 is 2.72 bits per heavy atom. The van der Waals surface area contributed by atoms with Crippen molar-refractivity contribution in [2.75, 3.05) is 0 Å². The van der Waals surface area contributed by atoms with Crippen molar-refractivity contribution in [3.8, 4) is 0 Å². The number of carbonyl (C=O) groups is 1. The Hall–Kier alpha value is -1.61. The van der Waals surface area contributed by atoms with Crippen LogP contribution in [0.15, 0.2) is 18.2 Å². The monoisotopic (exact) mass is 262 g/mol. The molecule has 1 aromatic carbocycles. The Balaban J connectivity index is 2.54. The lowest BCUT2D eigenvalue weighted by molar-refractivity contribution is -0.118. The molecule has 0 aliphatic rings. The van der Waals surface area contributed by atoms with E-state index in [1.54, 1.807) is 0 Å². The number of aromatic nitrogens is 1. The summed E-state index contributed by atoms with van der Waals surface area (Å²) in [5.74, 6) is -0.308. The van der Waals surface area contributed by atoms with Crippen LogP contribution in [-0.2, 0) is 11.2 Å². The number of rotatable bonds is 3. The standard InChI is InChI=1S/C14H15ClN2O/c1-8-3-5-11(15)13-9(2)7-10(17-14(8)13)4-6-12(16)18/h3,5,7H,4,6H2,1-2H3,(H2,16,18). The molecule has 4 heteroatoms. The SMILES string of the molecule is Cc1ccc(Cl)c2c(C)cc(CCC(N)=O)nc12. The first kappa shape index (κ1) is 12.8. The second-order valence-corrected chi connectivity index (χ2v) is 4.89. The van der Waals surface area contributed by atoms with Crippen LogP contribution < -0.4 is 5.73 Å². The molecule has 18 heavy (non-hydrogen) atoms. The zero-order chi connectivity index (χ0) is 13.3. The van der Waals surface area contributed by atoms with Gasteiger partial charge in [-0.05, 0) is 43.5 Å². The summed E-state index contributed by atoms with van der Waals surface area (Å²) in [6.45, 7) is 4.01. The Kier molecular flexibility index (Phi) is 3.53. The molecule has 2 aromatic rings. The van der Waals surface area contributed by atoms with E-state index in [9.17, 15) is 4.79 Å². The fraction of sp³-hybridized carbons (Fsp3) is 0.286. The van der Waals surface area contributed by atoms with E-state index in [0.717, 1.165) is 27.7 Å². The number of pyridine rings is 1. The Labute approximate surface area is 111 Å². The van der Waals surface area contributed by atoms with Crippen LogP contribution in [-0.4, -0.2) is 10.9 Å². The van der Waals surface area contributed by atoms with Crippen LogP contribution in [0.25, 0.3) is 10.9 Å². The molecule has 0 fully saturated rings. The molecule has 0 saturated carbocycles. The van der Waals surface area contributed by atoms with E-state index in [0.29, 0.717) is 17.9 Å². The van der Waals surface area contributed by atoms with E-state index >= 15 is 0 Å². The average molecular weight is 263 g/mol. The highest BCUT2D eigenvalue weighted by Gasteiger charge is 2.09. The molecule has 0 bridgehead atoms. The van der Waals surface area contributed by atoms with Crippen LogP contribution in [0.2, 0.25) is 5.02 Å². The van der Waals surface area contributed by atoms with Gasteiger partial charge in [-0.15, -0.1) is 0 Å². The maximum atomic E-state index is 10.8. The molecule has 3 nitrogen and oxygen atoms in total. The van der Waals surface area contributed by atoms with Gasteiger partial charge in [0.05, 0.1) is 10.5 Å². The van der Waals surface area contributed by atoms with Gasteiger partial charge >= 0.3 is 0 Å². The van der Waals surface area contributed by atoms with Crippen molar-refractivity contribution in [3.63, 3.8) is 0 Å². The van der Waals surface area contributed by atoms with Crippen LogP contribution in [0.5, 0.6) is 0 Å². The summed E-state index contributed by atoms with van der Waals surface area (Å²) < 4.78 is 0. The molecule has 1 amide bonds. The van der Waals surface area contributed by atoms with Gasteiger partial charge in [0.1, 0.15) is 0 Å². The molecule has 1 aromatic heterocycles. The Bertz CT molecular complexity index is 623. The number of benzene rings is 1. The van der Waals surface area contributed by atoms with E-state index in [-0.39, 0.29) is 5.91 Å². The molecular formula is C14H15ClN2O. The number of nitrogens with zero attached hydrogens (tertiary/aromatic N) is 1. The summed E-state index contributed by atoms with van der Waals surface area (Å²) in [5.41, 5.74) is 9.10. The predicted octanol–water partition coefficient (Wildman–Crippen LogP) is 2.92. The van der Waals surface area contributed by atoms with E-state index in [1.807, 2.05) is 32.0 Å². The molecule has 2 N–H and O–H groups in total. The van der Waals surface area contributed by atoms with Gasteiger partial charge in [0.2, 0.25) is 5.91 Å². The lowest BCUT2D eigenvalue weighted by atomic mass is 10.0. The third kappa shape index (κ3) is 2.46. The fourth-order valence-corrected chi connectivity index (χ4v) is 2.37. The molecule has 0 aliphatic heterocycles. The summed E-state index contributed by atoms with van der Waals surface area (Å²) in [6, 6.07) is 5.81. The molecule has 0 atom stereocenters. The maximum Gasteiger partial charge on any atom is 0.217 e. The van der Waals surface area contributed by atoms with Gasteiger partial charge < -0.3 is 5.73 Å². The fourth-order valence-electron chi connectivity index (χ4n) is 2.07. The molecule has 0 saturated heterocycles. The molecule has 0 aliphatic carbocycles.